The van der Waals surface area contributed by atoms with Gasteiger partial charge in [0, 0.05) is 5.69 Å². The lowest BCUT2D eigenvalue weighted by atomic mass is 9.97. The standard InChI is InChI=1S/C20H21N3O2/c1-3-14(2)15-8-4-5-9-16(15)22-19(24)13-23-18-11-7-6-10-17(18)21-12-20(23)25/h4-12,14H,3,13H2,1-2H3,(H,22,24). The third kappa shape index (κ3) is 3.60. The Balaban J connectivity index is 1.88. The van der Waals surface area contributed by atoms with E-state index in [4.69, 9.17) is 0 Å². The molecule has 0 bridgehead atoms. The molecule has 1 aromatic heterocycles. The van der Waals surface area contributed by atoms with Crippen molar-refractivity contribution in [2.75, 3.05) is 5.32 Å². The highest BCUT2D eigenvalue weighted by Crippen LogP contribution is 2.26. The number of carbonyl (C=O) groups is 1. The van der Waals surface area contributed by atoms with Crippen LogP contribution in [-0.4, -0.2) is 15.5 Å². The van der Waals surface area contributed by atoms with Gasteiger partial charge >= 0.3 is 0 Å². The lowest BCUT2D eigenvalue weighted by molar-refractivity contribution is -0.116. The van der Waals surface area contributed by atoms with Gasteiger partial charge in [0.15, 0.2) is 0 Å². The Bertz CT molecular complexity index is 962. The van der Waals surface area contributed by atoms with Crippen molar-refractivity contribution in [3.05, 3.63) is 70.6 Å². The zero-order valence-corrected chi connectivity index (χ0v) is 14.4. The summed E-state index contributed by atoms with van der Waals surface area (Å²) in [5, 5.41) is 2.95. The molecule has 1 heterocycles. The SMILES string of the molecule is CCC(C)c1ccccc1NC(=O)Cn1c(=O)cnc2ccccc21. The molecular weight excluding hydrogens is 314 g/mol. The number of amides is 1. The van der Waals surface area contributed by atoms with Crippen molar-refractivity contribution in [2.45, 2.75) is 32.7 Å². The fraction of sp³-hybridized carbons (Fsp3) is 0.250. The zero-order chi connectivity index (χ0) is 17.8. The van der Waals surface area contributed by atoms with Crippen LogP contribution in [0.2, 0.25) is 0 Å². The Morgan fingerprint density at radius 2 is 1.88 bits per heavy atom. The number of hydrogen-bond acceptors (Lipinski definition) is 3. The molecule has 2 aromatic carbocycles. The lowest BCUT2D eigenvalue weighted by Gasteiger charge is -2.16. The van der Waals surface area contributed by atoms with E-state index < -0.39 is 0 Å². The minimum absolute atomic E-state index is 0.0449. The minimum atomic E-state index is -0.288. The van der Waals surface area contributed by atoms with Gasteiger partial charge in [0.2, 0.25) is 5.91 Å². The van der Waals surface area contributed by atoms with Crippen LogP contribution in [0.4, 0.5) is 5.69 Å². The van der Waals surface area contributed by atoms with E-state index in [0.717, 1.165) is 17.7 Å². The molecular formula is C20H21N3O2. The van der Waals surface area contributed by atoms with Gasteiger partial charge in [-0.2, -0.15) is 0 Å². The lowest BCUT2D eigenvalue weighted by Crippen LogP contribution is -2.28. The summed E-state index contributed by atoms with van der Waals surface area (Å²) < 4.78 is 1.45. The number of benzene rings is 2. The molecule has 3 rings (SSSR count). The number of carbonyl (C=O) groups excluding carboxylic acids is 1. The van der Waals surface area contributed by atoms with Crippen molar-refractivity contribution in [3.8, 4) is 0 Å². The maximum atomic E-state index is 12.5. The highest BCUT2D eigenvalue weighted by atomic mass is 16.2. The maximum Gasteiger partial charge on any atom is 0.269 e. The van der Waals surface area contributed by atoms with Crippen LogP contribution in [-0.2, 0) is 11.3 Å². The first-order valence-electron chi connectivity index (χ1n) is 8.43. The molecule has 25 heavy (non-hydrogen) atoms. The fourth-order valence-electron chi connectivity index (χ4n) is 2.87. The molecule has 3 aromatic rings. The molecule has 0 saturated carbocycles. The average molecular weight is 335 g/mol. The number of anilines is 1. The maximum absolute atomic E-state index is 12.5. The largest absolute Gasteiger partial charge is 0.324 e. The third-order valence-electron chi connectivity index (χ3n) is 4.43. The highest BCUT2D eigenvalue weighted by molar-refractivity contribution is 5.92. The first-order valence-corrected chi connectivity index (χ1v) is 8.43. The van der Waals surface area contributed by atoms with Crippen LogP contribution < -0.4 is 10.9 Å². The topological polar surface area (TPSA) is 64.0 Å². The predicted molar refractivity (Wildman–Crippen MR) is 99.8 cm³/mol. The number of para-hydroxylation sites is 3. The van der Waals surface area contributed by atoms with Gasteiger partial charge in [0.25, 0.3) is 5.56 Å². The highest BCUT2D eigenvalue weighted by Gasteiger charge is 2.13. The molecule has 5 nitrogen and oxygen atoms in total. The number of hydrogen-bond donors (Lipinski definition) is 1. The predicted octanol–water partition coefficient (Wildman–Crippen LogP) is 3.55. The van der Waals surface area contributed by atoms with Crippen molar-refractivity contribution >= 4 is 22.6 Å². The van der Waals surface area contributed by atoms with Crippen molar-refractivity contribution in [2.24, 2.45) is 0 Å². The smallest absolute Gasteiger partial charge is 0.269 e. The summed E-state index contributed by atoms with van der Waals surface area (Å²) >= 11 is 0. The van der Waals surface area contributed by atoms with Gasteiger partial charge in [0.05, 0.1) is 17.2 Å². The van der Waals surface area contributed by atoms with E-state index in [1.807, 2.05) is 42.5 Å². The van der Waals surface area contributed by atoms with Crippen LogP contribution in [0.3, 0.4) is 0 Å². The van der Waals surface area contributed by atoms with Gasteiger partial charge in [-0.3, -0.25) is 14.2 Å². The first-order chi connectivity index (χ1) is 12.1. The van der Waals surface area contributed by atoms with Crippen molar-refractivity contribution in [3.63, 3.8) is 0 Å². The van der Waals surface area contributed by atoms with Crippen LogP contribution in [0.25, 0.3) is 11.0 Å². The molecule has 0 radical (unpaired) electrons. The fourth-order valence-corrected chi connectivity index (χ4v) is 2.87. The van der Waals surface area contributed by atoms with E-state index in [1.54, 1.807) is 6.07 Å². The second kappa shape index (κ2) is 7.30. The number of rotatable bonds is 5. The van der Waals surface area contributed by atoms with E-state index in [-0.39, 0.29) is 18.0 Å². The summed E-state index contributed by atoms with van der Waals surface area (Å²) in [5.41, 5.74) is 2.96. The molecule has 1 unspecified atom stereocenters. The van der Waals surface area contributed by atoms with Crippen LogP contribution in [0.15, 0.2) is 59.5 Å². The second-order valence-corrected chi connectivity index (χ2v) is 6.12. The normalized spacial score (nSPS) is 12.1. The number of aromatic nitrogens is 2. The minimum Gasteiger partial charge on any atom is -0.324 e. The van der Waals surface area contributed by atoms with E-state index in [1.165, 1.54) is 10.8 Å². The molecule has 0 spiro atoms. The van der Waals surface area contributed by atoms with Gasteiger partial charge in [-0.05, 0) is 36.1 Å². The molecule has 0 saturated heterocycles. The molecule has 0 aliphatic rings. The van der Waals surface area contributed by atoms with Crippen molar-refractivity contribution in [1.82, 2.24) is 9.55 Å². The first kappa shape index (κ1) is 16.9. The van der Waals surface area contributed by atoms with Gasteiger partial charge in [0.1, 0.15) is 6.54 Å². The summed E-state index contributed by atoms with van der Waals surface area (Å²) in [6.07, 6.45) is 2.24. The van der Waals surface area contributed by atoms with Crippen molar-refractivity contribution in [1.29, 1.82) is 0 Å². The number of nitrogens with one attached hydrogen (secondary N) is 1. The van der Waals surface area contributed by atoms with Gasteiger partial charge in [-0.25, -0.2) is 4.98 Å². The summed E-state index contributed by atoms with van der Waals surface area (Å²) in [5.74, 6) is 0.121. The molecule has 1 N–H and O–H groups in total. The second-order valence-electron chi connectivity index (χ2n) is 6.12. The summed E-state index contributed by atoms with van der Waals surface area (Å²) in [6, 6.07) is 15.1. The quantitative estimate of drug-likeness (QED) is 0.775. The molecule has 0 aliphatic heterocycles. The van der Waals surface area contributed by atoms with E-state index in [2.05, 4.69) is 24.1 Å². The van der Waals surface area contributed by atoms with Crippen LogP contribution in [0, 0.1) is 0 Å². The Hall–Kier alpha value is -2.95. The number of nitrogens with zero attached hydrogens (tertiary/aromatic N) is 2. The molecule has 1 atom stereocenters. The Labute approximate surface area is 146 Å². The van der Waals surface area contributed by atoms with Gasteiger partial charge < -0.3 is 5.32 Å². The molecule has 5 heteroatoms. The van der Waals surface area contributed by atoms with Crippen LogP contribution in [0.1, 0.15) is 31.7 Å². The number of fused-ring (bicyclic) bond motifs is 1. The summed E-state index contributed by atoms with van der Waals surface area (Å²) in [6.45, 7) is 4.20. The third-order valence-corrected chi connectivity index (χ3v) is 4.43. The van der Waals surface area contributed by atoms with Crippen LogP contribution >= 0.6 is 0 Å². The van der Waals surface area contributed by atoms with E-state index in [9.17, 15) is 9.59 Å². The van der Waals surface area contributed by atoms with Crippen LogP contribution in [0.5, 0.6) is 0 Å². The van der Waals surface area contributed by atoms with E-state index >= 15 is 0 Å². The Morgan fingerprint density at radius 3 is 2.68 bits per heavy atom. The average Bonchev–Trinajstić information content (AvgIpc) is 2.64. The summed E-state index contributed by atoms with van der Waals surface area (Å²) in [4.78, 5) is 28.8. The van der Waals surface area contributed by atoms with Crippen molar-refractivity contribution < 1.29 is 4.79 Å². The zero-order valence-electron chi connectivity index (χ0n) is 14.4. The molecule has 0 aliphatic carbocycles. The van der Waals surface area contributed by atoms with E-state index in [0.29, 0.717) is 17.0 Å². The molecule has 128 valence electrons. The van der Waals surface area contributed by atoms with Gasteiger partial charge in [-0.15, -0.1) is 0 Å². The summed E-state index contributed by atoms with van der Waals surface area (Å²) in [7, 11) is 0. The van der Waals surface area contributed by atoms with Gasteiger partial charge in [-0.1, -0.05) is 44.2 Å². The molecule has 0 fully saturated rings. The Morgan fingerprint density at radius 1 is 1.16 bits per heavy atom. The molecule has 1 amide bonds. The monoisotopic (exact) mass is 335 g/mol. The Kier molecular flexibility index (Phi) is 4.93.